The molecule has 1 unspecified atom stereocenters. The van der Waals surface area contributed by atoms with Gasteiger partial charge in [0.05, 0.1) is 6.04 Å². The molecule has 1 aromatic carbocycles. The Hall–Kier alpha value is -1.57. The topological polar surface area (TPSA) is 29.1 Å². The van der Waals surface area contributed by atoms with Crippen LogP contribution in [0.15, 0.2) is 29.8 Å². The zero-order valence-corrected chi connectivity index (χ0v) is 11.5. The lowest BCUT2D eigenvalue weighted by Crippen LogP contribution is -2.29. The summed E-state index contributed by atoms with van der Waals surface area (Å²) in [7, 11) is 0. The van der Waals surface area contributed by atoms with Crippen LogP contribution in [0.2, 0.25) is 0 Å². The minimum Gasteiger partial charge on any atom is -0.346 e. The Labute approximate surface area is 114 Å². The van der Waals surface area contributed by atoms with E-state index in [0.29, 0.717) is 0 Å². The average molecular weight is 255 g/mol. The van der Waals surface area contributed by atoms with Crippen LogP contribution in [0.4, 0.5) is 0 Å². The summed E-state index contributed by atoms with van der Waals surface area (Å²) < 4.78 is 0. The van der Waals surface area contributed by atoms with E-state index < -0.39 is 0 Å². The fraction of sp³-hybridized carbons (Fsp3) is 0.471. The molecule has 1 aliphatic heterocycles. The van der Waals surface area contributed by atoms with Crippen molar-refractivity contribution in [2.75, 3.05) is 0 Å². The van der Waals surface area contributed by atoms with Crippen molar-refractivity contribution in [1.82, 2.24) is 5.32 Å². The Kier molecular flexibility index (Phi) is 3.41. The van der Waals surface area contributed by atoms with Gasteiger partial charge in [0.25, 0.3) is 5.91 Å². The van der Waals surface area contributed by atoms with Gasteiger partial charge in [-0.25, -0.2) is 0 Å². The van der Waals surface area contributed by atoms with Gasteiger partial charge in [-0.3, -0.25) is 4.79 Å². The second kappa shape index (κ2) is 5.20. The number of carbonyl (C=O) groups excluding carboxylic acids is 1. The highest BCUT2D eigenvalue weighted by molar-refractivity contribution is 6.23. The molecule has 1 amide bonds. The highest BCUT2D eigenvalue weighted by Gasteiger charge is 2.33. The highest BCUT2D eigenvalue weighted by atomic mass is 16.2. The smallest absolute Gasteiger partial charge is 0.252 e. The first-order chi connectivity index (χ1) is 9.31. The SMILES string of the molecule is CCCCC1NC(=O)C2=C1CCCc1ccccc12. The third-order valence-corrected chi connectivity index (χ3v) is 4.30. The lowest BCUT2D eigenvalue weighted by molar-refractivity contribution is -0.115. The molecule has 100 valence electrons. The molecule has 0 fully saturated rings. The first-order valence-corrected chi connectivity index (χ1v) is 7.43. The van der Waals surface area contributed by atoms with Crippen LogP contribution in [0, 0.1) is 0 Å². The highest BCUT2D eigenvalue weighted by Crippen LogP contribution is 2.36. The van der Waals surface area contributed by atoms with E-state index in [1.54, 1.807) is 0 Å². The van der Waals surface area contributed by atoms with E-state index in [1.165, 1.54) is 29.5 Å². The molecule has 19 heavy (non-hydrogen) atoms. The molecule has 1 N–H and O–H groups in total. The summed E-state index contributed by atoms with van der Waals surface area (Å²) in [6.07, 6.45) is 6.78. The first-order valence-electron chi connectivity index (χ1n) is 7.43. The zero-order chi connectivity index (χ0) is 13.2. The van der Waals surface area contributed by atoms with E-state index in [4.69, 9.17) is 0 Å². The second-order valence-corrected chi connectivity index (χ2v) is 5.58. The molecule has 2 heteroatoms. The van der Waals surface area contributed by atoms with Gasteiger partial charge in [0.1, 0.15) is 0 Å². The molecular weight excluding hydrogens is 234 g/mol. The standard InChI is InChI=1S/C17H21NO/c1-2-3-11-15-14-10-6-8-12-7-4-5-9-13(12)16(14)17(19)18-15/h4-5,7,9,15H,2-3,6,8,10-11H2,1H3,(H,18,19). The van der Waals surface area contributed by atoms with Crippen molar-refractivity contribution in [2.45, 2.75) is 51.5 Å². The van der Waals surface area contributed by atoms with Crippen molar-refractivity contribution >= 4 is 11.5 Å². The lowest BCUT2D eigenvalue weighted by Gasteiger charge is -2.14. The van der Waals surface area contributed by atoms with Gasteiger partial charge < -0.3 is 5.32 Å². The van der Waals surface area contributed by atoms with Crippen molar-refractivity contribution in [3.05, 3.63) is 41.0 Å². The molecule has 3 rings (SSSR count). The number of hydrogen-bond acceptors (Lipinski definition) is 1. The van der Waals surface area contributed by atoms with Gasteiger partial charge in [-0.1, -0.05) is 44.0 Å². The number of aryl methyl sites for hydroxylation is 1. The maximum atomic E-state index is 12.3. The average Bonchev–Trinajstić information content (AvgIpc) is 2.62. The number of hydrogen-bond donors (Lipinski definition) is 1. The van der Waals surface area contributed by atoms with Crippen LogP contribution in [-0.4, -0.2) is 11.9 Å². The number of rotatable bonds is 3. The molecule has 0 spiro atoms. The van der Waals surface area contributed by atoms with Gasteiger partial charge in [0.15, 0.2) is 0 Å². The van der Waals surface area contributed by atoms with Gasteiger partial charge in [0.2, 0.25) is 0 Å². The van der Waals surface area contributed by atoms with Crippen LogP contribution in [-0.2, 0) is 11.2 Å². The molecule has 0 aromatic heterocycles. The zero-order valence-electron chi connectivity index (χ0n) is 11.5. The Morgan fingerprint density at radius 2 is 2.11 bits per heavy atom. The van der Waals surface area contributed by atoms with Crippen LogP contribution in [0.5, 0.6) is 0 Å². The van der Waals surface area contributed by atoms with E-state index in [1.807, 2.05) is 6.07 Å². The molecule has 1 aromatic rings. The predicted molar refractivity (Wildman–Crippen MR) is 77.8 cm³/mol. The van der Waals surface area contributed by atoms with Crippen molar-refractivity contribution in [3.8, 4) is 0 Å². The van der Waals surface area contributed by atoms with Crippen LogP contribution in [0.3, 0.4) is 0 Å². The first kappa shape index (κ1) is 12.5. The van der Waals surface area contributed by atoms with Gasteiger partial charge in [-0.15, -0.1) is 0 Å². The van der Waals surface area contributed by atoms with E-state index in [9.17, 15) is 4.79 Å². The van der Waals surface area contributed by atoms with Crippen molar-refractivity contribution in [1.29, 1.82) is 0 Å². The van der Waals surface area contributed by atoms with E-state index in [2.05, 4.69) is 30.4 Å². The minimum atomic E-state index is 0.144. The Balaban J connectivity index is 2.01. The fourth-order valence-corrected chi connectivity index (χ4v) is 3.34. The quantitative estimate of drug-likeness (QED) is 0.880. The summed E-state index contributed by atoms with van der Waals surface area (Å²) in [5.41, 5.74) is 4.85. The maximum absolute atomic E-state index is 12.3. The summed E-state index contributed by atoms with van der Waals surface area (Å²) in [5, 5.41) is 3.19. The summed E-state index contributed by atoms with van der Waals surface area (Å²) in [6.45, 7) is 2.20. The summed E-state index contributed by atoms with van der Waals surface area (Å²) >= 11 is 0. The molecule has 0 radical (unpaired) electrons. The maximum Gasteiger partial charge on any atom is 0.252 e. The van der Waals surface area contributed by atoms with Crippen molar-refractivity contribution in [2.24, 2.45) is 0 Å². The van der Waals surface area contributed by atoms with Gasteiger partial charge >= 0.3 is 0 Å². The third-order valence-electron chi connectivity index (χ3n) is 4.30. The molecule has 0 saturated heterocycles. The Bertz CT molecular complexity index is 530. The summed E-state index contributed by atoms with van der Waals surface area (Å²) in [5.74, 6) is 0.144. The molecule has 0 saturated carbocycles. The monoisotopic (exact) mass is 255 g/mol. The van der Waals surface area contributed by atoms with E-state index in [0.717, 1.165) is 31.3 Å². The van der Waals surface area contributed by atoms with Crippen LogP contribution in [0.1, 0.15) is 50.2 Å². The molecule has 2 aliphatic rings. The van der Waals surface area contributed by atoms with E-state index in [-0.39, 0.29) is 11.9 Å². The fourth-order valence-electron chi connectivity index (χ4n) is 3.34. The van der Waals surface area contributed by atoms with Crippen molar-refractivity contribution in [3.63, 3.8) is 0 Å². The van der Waals surface area contributed by atoms with Crippen LogP contribution < -0.4 is 5.32 Å². The number of carbonyl (C=O) groups is 1. The van der Waals surface area contributed by atoms with Crippen molar-refractivity contribution < 1.29 is 4.79 Å². The number of amides is 1. The largest absolute Gasteiger partial charge is 0.346 e. The molecule has 0 bridgehead atoms. The van der Waals surface area contributed by atoms with Crippen LogP contribution in [0.25, 0.3) is 5.57 Å². The molecule has 1 heterocycles. The summed E-state index contributed by atoms with van der Waals surface area (Å²) in [6, 6.07) is 8.68. The van der Waals surface area contributed by atoms with Gasteiger partial charge in [-0.2, -0.15) is 0 Å². The van der Waals surface area contributed by atoms with Crippen LogP contribution >= 0.6 is 0 Å². The minimum absolute atomic E-state index is 0.144. The number of benzene rings is 1. The summed E-state index contributed by atoms with van der Waals surface area (Å²) in [4.78, 5) is 12.3. The van der Waals surface area contributed by atoms with Gasteiger partial charge in [0, 0.05) is 5.57 Å². The molecular formula is C17H21NO. The third kappa shape index (κ3) is 2.20. The number of fused-ring (bicyclic) bond motifs is 2. The Morgan fingerprint density at radius 3 is 2.95 bits per heavy atom. The molecule has 2 nitrogen and oxygen atoms in total. The number of nitrogens with one attached hydrogen (secondary N) is 1. The second-order valence-electron chi connectivity index (χ2n) is 5.58. The normalized spacial score (nSPS) is 21.7. The van der Waals surface area contributed by atoms with Gasteiger partial charge in [-0.05, 0) is 42.4 Å². The lowest BCUT2D eigenvalue weighted by atomic mass is 9.94. The van der Waals surface area contributed by atoms with E-state index >= 15 is 0 Å². The molecule has 1 aliphatic carbocycles. The molecule has 1 atom stereocenters. The predicted octanol–water partition coefficient (Wildman–Crippen LogP) is 3.47. The number of unbranched alkanes of at least 4 members (excludes halogenated alkanes) is 1. The Morgan fingerprint density at radius 1 is 1.26 bits per heavy atom.